The number of fused-ring (bicyclic) bond motifs is 1. The van der Waals surface area contributed by atoms with Crippen molar-refractivity contribution in [1.29, 1.82) is 0 Å². The zero-order chi connectivity index (χ0) is 14.7. The van der Waals surface area contributed by atoms with Gasteiger partial charge in [0.1, 0.15) is 12.4 Å². The summed E-state index contributed by atoms with van der Waals surface area (Å²) in [6.45, 7) is 0.918. The van der Waals surface area contributed by atoms with Crippen molar-refractivity contribution in [2.75, 3.05) is 0 Å². The highest BCUT2D eigenvalue weighted by atomic mass is 35.5. The van der Waals surface area contributed by atoms with Gasteiger partial charge in [0, 0.05) is 17.1 Å². The quantitative estimate of drug-likeness (QED) is 0.732. The number of ether oxygens (including phenoxy) is 1. The van der Waals surface area contributed by atoms with Crippen LogP contribution in [-0.4, -0.2) is 0 Å². The fourth-order valence-electron chi connectivity index (χ4n) is 2.42. The van der Waals surface area contributed by atoms with Crippen LogP contribution in [-0.2, 0) is 13.2 Å². The van der Waals surface area contributed by atoms with Gasteiger partial charge in [-0.2, -0.15) is 0 Å². The van der Waals surface area contributed by atoms with Gasteiger partial charge in [0.25, 0.3) is 0 Å². The van der Waals surface area contributed by atoms with E-state index >= 15 is 0 Å². The van der Waals surface area contributed by atoms with Crippen molar-refractivity contribution < 1.29 is 4.74 Å². The van der Waals surface area contributed by atoms with Crippen molar-refractivity contribution in [3.05, 3.63) is 76.8 Å². The minimum atomic E-state index is 0. The summed E-state index contributed by atoms with van der Waals surface area (Å²) in [6, 6.07) is 20.1. The molecule has 0 aromatic heterocycles. The van der Waals surface area contributed by atoms with Crippen molar-refractivity contribution in [2.24, 2.45) is 5.73 Å². The summed E-state index contributed by atoms with van der Waals surface area (Å²) in [5.74, 6) is 0.787. The first-order valence-corrected chi connectivity index (χ1v) is 7.23. The van der Waals surface area contributed by atoms with E-state index in [0.29, 0.717) is 18.2 Å². The summed E-state index contributed by atoms with van der Waals surface area (Å²) in [5, 5.41) is 3.10. The molecule has 0 fully saturated rings. The van der Waals surface area contributed by atoms with Crippen molar-refractivity contribution in [3.63, 3.8) is 0 Å². The molecule has 2 nitrogen and oxygen atoms in total. The molecule has 0 saturated carbocycles. The van der Waals surface area contributed by atoms with E-state index in [2.05, 4.69) is 24.3 Å². The predicted molar refractivity (Wildman–Crippen MR) is 94.9 cm³/mol. The summed E-state index contributed by atoms with van der Waals surface area (Å²) < 4.78 is 5.94. The van der Waals surface area contributed by atoms with Gasteiger partial charge in [-0.15, -0.1) is 12.4 Å². The van der Waals surface area contributed by atoms with Crippen LogP contribution in [0.3, 0.4) is 0 Å². The van der Waals surface area contributed by atoms with Crippen LogP contribution in [0.15, 0.2) is 60.7 Å². The van der Waals surface area contributed by atoms with Crippen molar-refractivity contribution >= 4 is 34.8 Å². The Bertz CT molecular complexity index is 769. The van der Waals surface area contributed by atoms with E-state index in [-0.39, 0.29) is 12.4 Å². The lowest BCUT2D eigenvalue weighted by molar-refractivity contribution is 0.304. The van der Waals surface area contributed by atoms with Crippen LogP contribution >= 0.6 is 24.0 Å². The normalized spacial score (nSPS) is 10.3. The molecule has 4 heteroatoms. The van der Waals surface area contributed by atoms with Gasteiger partial charge in [0.05, 0.1) is 0 Å². The second kappa shape index (κ2) is 7.50. The monoisotopic (exact) mass is 333 g/mol. The lowest BCUT2D eigenvalue weighted by Crippen LogP contribution is -2.03. The molecule has 0 atom stereocenters. The van der Waals surface area contributed by atoms with Crippen LogP contribution in [0.4, 0.5) is 0 Å². The van der Waals surface area contributed by atoms with Crippen molar-refractivity contribution in [1.82, 2.24) is 0 Å². The first-order chi connectivity index (χ1) is 10.3. The second-order valence-corrected chi connectivity index (χ2v) is 5.32. The van der Waals surface area contributed by atoms with E-state index in [4.69, 9.17) is 22.1 Å². The van der Waals surface area contributed by atoms with Crippen LogP contribution in [0.2, 0.25) is 5.02 Å². The highest BCUT2D eigenvalue weighted by Crippen LogP contribution is 2.25. The molecule has 0 radical (unpaired) electrons. The minimum Gasteiger partial charge on any atom is -0.489 e. The van der Waals surface area contributed by atoms with Gasteiger partial charge in [0.2, 0.25) is 0 Å². The van der Waals surface area contributed by atoms with Crippen molar-refractivity contribution in [3.8, 4) is 5.75 Å². The minimum absolute atomic E-state index is 0. The molecule has 3 aromatic carbocycles. The number of halogens is 2. The first-order valence-electron chi connectivity index (χ1n) is 6.86. The Kier molecular flexibility index (Phi) is 5.67. The molecule has 0 aliphatic heterocycles. The molecule has 0 spiro atoms. The molecule has 114 valence electrons. The molecule has 0 aliphatic rings. The van der Waals surface area contributed by atoms with E-state index in [0.717, 1.165) is 16.9 Å². The van der Waals surface area contributed by atoms with Crippen LogP contribution in [0.25, 0.3) is 10.8 Å². The Balaban J connectivity index is 0.00000176. The van der Waals surface area contributed by atoms with Gasteiger partial charge < -0.3 is 10.5 Å². The zero-order valence-corrected chi connectivity index (χ0v) is 13.5. The van der Waals surface area contributed by atoms with E-state index in [9.17, 15) is 0 Å². The van der Waals surface area contributed by atoms with Gasteiger partial charge in [-0.05, 0) is 34.5 Å². The highest BCUT2D eigenvalue weighted by molar-refractivity contribution is 6.30. The SMILES string of the molecule is Cl.NCc1cc(Cl)ccc1OCc1cccc2ccccc12. The lowest BCUT2D eigenvalue weighted by atomic mass is 10.1. The van der Waals surface area contributed by atoms with Gasteiger partial charge in [-0.25, -0.2) is 0 Å². The highest BCUT2D eigenvalue weighted by Gasteiger charge is 2.05. The average Bonchev–Trinajstić information content (AvgIpc) is 2.53. The number of hydrogen-bond donors (Lipinski definition) is 1. The Morgan fingerprint density at radius 2 is 1.68 bits per heavy atom. The Morgan fingerprint density at radius 1 is 0.909 bits per heavy atom. The Hall–Kier alpha value is -1.74. The molecular weight excluding hydrogens is 317 g/mol. The van der Waals surface area contributed by atoms with Crippen molar-refractivity contribution in [2.45, 2.75) is 13.2 Å². The molecule has 2 N–H and O–H groups in total. The van der Waals surface area contributed by atoms with Gasteiger partial charge in [-0.1, -0.05) is 54.1 Å². The van der Waals surface area contributed by atoms with E-state index in [1.54, 1.807) is 0 Å². The molecule has 22 heavy (non-hydrogen) atoms. The Morgan fingerprint density at radius 3 is 2.50 bits per heavy atom. The number of hydrogen-bond acceptors (Lipinski definition) is 2. The summed E-state index contributed by atoms with van der Waals surface area (Å²) in [4.78, 5) is 0. The third kappa shape index (κ3) is 3.53. The third-order valence-corrected chi connectivity index (χ3v) is 3.74. The largest absolute Gasteiger partial charge is 0.489 e. The maximum absolute atomic E-state index is 5.98. The van der Waals surface area contributed by atoms with Crippen LogP contribution in [0.1, 0.15) is 11.1 Å². The molecule has 0 unspecified atom stereocenters. The molecule has 0 aliphatic carbocycles. The van der Waals surface area contributed by atoms with Gasteiger partial charge >= 0.3 is 0 Å². The van der Waals surface area contributed by atoms with Crippen LogP contribution in [0.5, 0.6) is 5.75 Å². The number of nitrogens with two attached hydrogens (primary N) is 1. The standard InChI is InChI=1S/C18H16ClNO.ClH/c19-16-8-9-18(15(10-16)11-20)21-12-14-6-3-5-13-4-1-2-7-17(13)14;/h1-10H,11-12,20H2;1H. The van der Waals surface area contributed by atoms with E-state index in [1.807, 2.05) is 36.4 Å². The van der Waals surface area contributed by atoms with E-state index < -0.39 is 0 Å². The predicted octanol–water partition coefficient (Wildman–Crippen LogP) is 4.95. The smallest absolute Gasteiger partial charge is 0.124 e. The van der Waals surface area contributed by atoms with Crippen LogP contribution in [0, 0.1) is 0 Å². The number of rotatable bonds is 4. The number of benzene rings is 3. The fourth-order valence-corrected chi connectivity index (χ4v) is 2.62. The fraction of sp³-hybridized carbons (Fsp3) is 0.111. The maximum Gasteiger partial charge on any atom is 0.124 e. The average molecular weight is 334 g/mol. The molecule has 0 saturated heterocycles. The zero-order valence-electron chi connectivity index (χ0n) is 12.0. The lowest BCUT2D eigenvalue weighted by Gasteiger charge is -2.12. The third-order valence-electron chi connectivity index (χ3n) is 3.51. The van der Waals surface area contributed by atoms with Gasteiger partial charge in [0.15, 0.2) is 0 Å². The Labute approximate surface area is 141 Å². The van der Waals surface area contributed by atoms with Gasteiger partial charge in [-0.3, -0.25) is 0 Å². The molecule has 3 rings (SSSR count). The summed E-state index contributed by atoms with van der Waals surface area (Å²) in [6.07, 6.45) is 0. The summed E-state index contributed by atoms with van der Waals surface area (Å²) >= 11 is 5.98. The second-order valence-electron chi connectivity index (χ2n) is 4.88. The summed E-state index contributed by atoms with van der Waals surface area (Å²) in [7, 11) is 0. The molecule has 0 bridgehead atoms. The first kappa shape index (κ1) is 16.6. The molecule has 3 aromatic rings. The molecular formula is C18H17Cl2NO. The topological polar surface area (TPSA) is 35.2 Å². The molecule has 0 amide bonds. The maximum atomic E-state index is 5.98. The van der Waals surface area contributed by atoms with E-state index in [1.165, 1.54) is 10.8 Å². The summed E-state index contributed by atoms with van der Waals surface area (Å²) in [5.41, 5.74) is 7.82. The van der Waals surface area contributed by atoms with Crippen LogP contribution < -0.4 is 10.5 Å². The molecule has 0 heterocycles.